The van der Waals surface area contributed by atoms with Crippen LogP contribution in [0.5, 0.6) is 11.8 Å². The van der Waals surface area contributed by atoms with E-state index in [1.54, 1.807) is 24.3 Å². The van der Waals surface area contributed by atoms with Gasteiger partial charge in [-0.3, -0.25) is 9.69 Å². The average Bonchev–Trinajstić information content (AvgIpc) is 3.77. The summed E-state index contributed by atoms with van der Waals surface area (Å²) in [4.78, 5) is 41.3. The number of anilines is 1. The molecule has 3 fully saturated rings. The number of methoxy groups -OCH3 is 2. The Kier molecular flexibility index (Phi) is 10.0. The van der Waals surface area contributed by atoms with Gasteiger partial charge < -0.3 is 33.5 Å². The first-order valence-corrected chi connectivity index (χ1v) is 18.5. The van der Waals surface area contributed by atoms with E-state index < -0.39 is 34.3 Å². The normalized spacial score (nSPS) is 23.4. The molecule has 0 spiro atoms. The Hall–Kier alpha value is -4.82. The van der Waals surface area contributed by atoms with Crippen LogP contribution in [0.15, 0.2) is 42.5 Å². The van der Waals surface area contributed by atoms with Crippen molar-refractivity contribution in [2.24, 2.45) is 11.3 Å². The van der Waals surface area contributed by atoms with Crippen LogP contribution in [-0.2, 0) is 19.0 Å². The largest absolute Gasteiger partial charge is 0.469 e. The summed E-state index contributed by atoms with van der Waals surface area (Å²) in [6.45, 7) is 8.74. The highest BCUT2D eigenvalue weighted by molar-refractivity contribution is 6.01. The Morgan fingerprint density at radius 3 is 2.49 bits per heavy atom. The molecular weight excluding hydrogens is 712 g/mol. The molecule has 0 radical (unpaired) electrons. The molecule has 3 aliphatic rings. The van der Waals surface area contributed by atoms with E-state index in [9.17, 15) is 9.59 Å². The number of hydrogen-bond donors (Lipinski definition) is 0. The summed E-state index contributed by atoms with van der Waals surface area (Å²) in [7, 11) is 6.68. The Bertz CT molecular complexity index is 2140. The summed E-state index contributed by atoms with van der Waals surface area (Å²) < 4.78 is 61.9. The number of rotatable bonds is 11. The summed E-state index contributed by atoms with van der Waals surface area (Å²) in [6.07, 6.45) is 1.59. The summed E-state index contributed by atoms with van der Waals surface area (Å²) >= 11 is 0. The molecule has 1 aromatic heterocycles. The Balaban J connectivity index is 1.35. The maximum absolute atomic E-state index is 17.3. The van der Waals surface area contributed by atoms with E-state index >= 15 is 8.78 Å². The van der Waals surface area contributed by atoms with Gasteiger partial charge in [0.15, 0.2) is 12.6 Å². The van der Waals surface area contributed by atoms with Gasteiger partial charge in [0.25, 0.3) is 0 Å². The van der Waals surface area contributed by atoms with Crippen molar-refractivity contribution in [1.29, 1.82) is 0 Å². The summed E-state index contributed by atoms with van der Waals surface area (Å²) in [5.74, 6) is -1.73. The molecule has 7 rings (SSSR count). The number of amides is 1. The molecule has 55 heavy (non-hydrogen) atoms. The third-order valence-electron chi connectivity index (χ3n) is 10.9. The summed E-state index contributed by atoms with van der Waals surface area (Å²) in [5.41, 5.74) is -2.00. The van der Waals surface area contributed by atoms with Crippen LogP contribution in [0.1, 0.15) is 47.0 Å². The second-order valence-corrected chi connectivity index (χ2v) is 16.6. The molecule has 4 atom stereocenters. The Morgan fingerprint density at radius 1 is 1.04 bits per heavy atom. The predicted octanol–water partition coefficient (Wildman–Crippen LogP) is 6.81. The minimum absolute atomic E-state index is 0.0506. The summed E-state index contributed by atoms with van der Waals surface area (Å²) in [5, 5.41) is 1.50. The molecule has 3 aromatic carbocycles. The van der Waals surface area contributed by atoms with Crippen molar-refractivity contribution in [1.82, 2.24) is 19.8 Å². The lowest BCUT2D eigenvalue weighted by Gasteiger charge is -2.47. The smallest absolute Gasteiger partial charge is 0.411 e. The molecule has 14 heteroatoms. The van der Waals surface area contributed by atoms with Crippen LogP contribution in [0, 0.1) is 23.0 Å². The van der Waals surface area contributed by atoms with Gasteiger partial charge in [0.05, 0.1) is 36.8 Å². The van der Waals surface area contributed by atoms with Crippen LogP contribution in [0.2, 0.25) is 0 Å². The van der Waals surface area contributed by atoms with Crippen LogP contribution >= 0.6 is 0 Å². The summed E-state index contributed by atoms with van der Waals surface area (Å²) in [6, 6.07) is 11.6. The van der Waals surface area contributed by atoms with E-state index in [-0.39, 0.29) is 65.2 Å². The van der Waals surface area contributed by atoms with E-state index in [1.165, 1.54) is 20.3 Å². The molecule has 294 valence electrons. The van der Waals surface area contributed by atoms with Crippen LogP contribution in [0.25, 0.3) is 32.8 Å². The molecule has 3 heterocycles. The fraction of sp³-hybridized carbons (Fsp3) is 0.512. The minimum Gasteiger partial charge on any atom is -0.469 e. The highest BCUT2D eigenvalue weighted by atomic mass is 19.1. The monoisotopic (exact) mass is 761 g/mol. The first-order chi connectivity index (χ1) is 26.1. The molecule has 4 aromatic rings. The quantitative estimate of drug-likeness (QED) is 0.119. The van der Waals surface area contributed by atoms with Gasteiger partial charge in [-0.25, -0.2) is 13.6 Å². The SMILES string of the molecule is COCOc1cc(-c2c(F)cc3c(N4C[C@H]5CC[C@@](C)(C4)N5C(=O)OC(C)(C)C)nc(OCC4(CN(C)C)CC4C(=O)OC)nc3c2F)c2ccccc2c1. The lowest BCUT2D eigenvalue weighted by Crippen LogP contribution is -2.63. The third kappa shape index (κ3) is 7.33. The fourth-order valence-electron chi connectivity index (χ4n) is 8.52. The molecule has 1 amide bonds. The number of halogens is 2. The number of piperazine rings is 1. The Morgan fingerprint density at radius 2 is 1.80 bits per heavy atom. The van der Waals surface area contributed by atoms with Crippen LogP contribution < -0.4 is 14.4 Å². The highest BCUT2D eigenvalue weighted by Crippen LogP contribution is 2.54. The van der Waals surface area contributed by atoms with E-state index in [2.05, 4.69) is 4.98 Å². The van der Waals surface area contributed by atoms with Crippen molar-refractivity contribution in [2.45, 2.75) is 64.1 Å². The minimum atomic E-state index is -0.888. The molecule has 1 saturated carbocycles. The number of benzene rings is 3. The number of fused-ring (bicyclic) bond motifs is 4. The number of hydrogen-bond acceptors (Lipinski definition) is 11. The van der Waals surface area contributed by atoms with Gasteiger partial charge in [-0.05, 0) is 95.6 Å². The molecule has 0 N–H and O–H groups in total. The van der Waals surface area contributed by atoms with Crippen LogP contribution in [0.4, 0.5) is 19.4 Å². The standard InChI is InChI=1S/C41H49F2N5O7/c1-39(2,3)55-38(50)48-25-13-14-40(48,4)20-47(19-25)35-29-17-31(42)32(28-16-26(54-23-51-7)15-24-11-9-10-12-27(24)28)33(43)34(29)44-37(45-35)53-22-41(21-46(5)6)18-30(41)36(49)52-8/h9-12,15-17,25,30H,13-14,18-23H2,1-8H3/t25-,30?,40+,41?/m1/s1. The van der Waals surface area contributed by atoms with Gasteiger partial charge in [-0.1, -0.05) is 24.3 Å². The van der Waals surface area contributed by atoms with Gasteiger partial charge >= 0.3 is 18.1 Å². The predicted molar refractivity (Wildman–Crippen MR) is 203 cm³/mol. The van der Waals surface area contributed by atoms with Gasteiger partial charge in [0.1, 0.15) is 28.5 Å². The highest BCUT2D eigenvalue weighted by Gasteiger charge is 2.60. The van der Waals surface area contributed by atoms with Crippen molar-refractivity contribution in [2.75, 3.05) is 66.2 Å². The van der Waals surface area contributed by atoms with Crippen molar-refractivity contribution < 1.29 is 42.1 Å². The fourth-order valence-corrected chi connectivity index (χ4v) is 8.52. The molecule has 2 bridgehead atoms. The van der Waals surface area contributed by atoms with E-state index in [1.807, 2.05) is 68.6 Å². The van der Waals surface area contributed by atoms with Gasteiger partial charge in [0, 0.05) is 37.5 Å². The zero-order valence-corrected chi connectivity index (χ0v) is 32.7. The number of aromatic nitrogens is 2. The van der Waals surface area contributed by atoms with Gasteiger partial charge in [-0.15, -0.1) is 0 Å². The number of carbonyl (C=O) groups excluding carboxylic acids is 2. The average molecular weight is 762 g/mol. The van der Waals surface area contributed by atoms with E-state index in [0.29, 0.717) is 43.6 Å². The number of nitrogens with zero attached hydrogens (tertiary/aromatic N) is 5. The number of carbonyl (C=O) groups is 2. The Labute approximate surface area is 319 Å². The molecule has 1 aliphatic carbocycles. The van der Waals surface area contributed by atoms with E-state index in [4.69, 9.17) is 28.7 Å². The van der Waals surface area contributed by atoms with Crippen molar-refractivity contribution in [3.63, 3.8) is 0 Å². The second-order valence-electron chi connectivity index (χ2n) is 16.6. The zero-order valence-electron chi connectivity index (χ0n) is 32.7. The molecule has 2 aliphatic heterocycles. The lowest BCUT2D eigenvalue weighted by atomic mass is 9.95. The first kappa shape index (κ1) is 38.5. The molecule has 2 saturated heterocycles. The molecule has 12 nitrogen and oxygen atoms in total. The van der Waals surface area contributed by atoms with Crippen molar-refractivity contribution in [3.8, 4) is 22.9 Å². The molecule has 2 unspecified atom stereocenters. The van der Waals surface area contributed by atoms with Gasteiger partial charge in [-0.2, -0.15) is 9.97 Å². The maximum Gasteiger partial charge on any atom is 0.411 e. The zero-order chi connectivity index (χ0) is 39.4. The van der Waals surface area contributed by atoms with Crippen LogP contribution in [0.3, 0.4) is 0 Å². The van der Waals surface area contributed by atoms with Gasteiger partial charge in [0.2, 0.25) is 0 Å². The first-order valence-electron chi connectivity index (χ1n) is 18.5. The third-order valence-corrected chi connectivity index (χ3v) is 10.9. The molecular formula is C41H49F2N5O7. The lowest BCUT2D eigenvalue weighted by molar-refractivity contribution is -0.143. The maximum atomic E-state index is 17.3. The van der Waals surface area contributed by atoms with Crippen molar-refractivity contribution >= 4 is 39.6 Å². The van der Waals surface area contributed by atoms with Crippen molar-refractivity contribution in [3.05, 3.63) is 54.1 Å². The topological polar surface area (TPSA) is 116 Å². The number of ether oxygens (including phenoxy) is 5. The second kappa shape index (κ2) is 14.4. The van der Waals surface area contributed by atoms with E-state index in [0.717, 1.165) is 11.8 Å². The van der Waals surface area contributed by atoms with Crippen LogP contribution in [-0.4, -0.2) is 110 Å². The number of esters is 1.